The van der Waals surface area contributed by atoms with Crippen molar-refractivity contribution in [2.45, 2.75) is 70.0 Å². The lowest BCUT2D eigenvalue weighted by molar-refractivity contribution is -0.122. The van der Waals surface area contributed by atoms with Gasteiger partial charge in [-0.25, -0.2) is 0 Å². The number of halogens is 2. The number of hydrogen-bond acceptors (Lipinski definition) is 5. The van der Waals surface area contributed by atoms with Crippen LogP contribution in [-0.2, 0) is 11.3 Å². The summed E-state index contributed by atoms with van der Waals surface area (Å²) in [4.78, 5) is 22.9. The van der Waals surface area contributed by atoms with Gasteiger partial charge in [-0.3, -0.25) is 4.79 Å². The first-order valence-electron chi connectivity index (χ1n) is 12.8. The van der Waals surface area contributed by atoms with E-state index in [1.807, 2.05) is 41.2 Å². The standard InChI is InChI=1S/C27H32Cl2N6O/c28-20-9-8-19(22(29)15-20)17-30-26(36)23(14-18-6-2-1-3-7-18)32-24-16-25(35-12-4-5-13-35)34-27(33-24)31-21-10-11-21/h4-5,8-9,12-13,15-16,18,21,23H,1-3,6-7,10-11,14,17H2,(H,30,36)(H2,31,32,33,34)/t23-/m1/s1. The topological polar surface area (TPSA) is 83.9 Å². The molecule has 3 N–H and O–H groups in total. The zero-order valence-electron chi connectivity index (χ0n) is 20.2. The zero-order valence-corrected chi connectivity index (χ0v) is 21.7. The molecule has 9 heteroatoms. The van der Waals surface area contributed by atoms with Crippen molar-refractivity contribution in [1.82, 2.24) is 19.9 Å². The van der Waals surface area contributed by atoms with E-state index in [2.05, 4.69) is 16.0 Å². The fraction of sp³-hybridized carbons (Fsp3) is 0.444. The average molecular weight is 528 g/mol. The van der Waals surface area contributed by atoms with Gasteiger partial charge in [-0.15, -0.1) is 0 Å². The minimum Gasteiger partial charge on any atom is -0.358 e. The highest BCUT2D eigenvalue weighted by atomic mass is 35.5. The van der Waals surface area contributed by atoms with Crippen LogP contribution in [0.3, 0.4) is 0 Å². The van der Waals surface area contributed by atoms with Gasteiger partial charge in [0.25, 0.3) is 0 Å². The minimum absolute atomic E-state index is 0.0654. The molecule has 7 nitrogen and oxygen atoms in total. The van der Waals surface area contributed by atoms with E-state index < -0.39 is 6.04 Å². The molecule has 2 saturated carbocycles. The van der Waals surface area contributed by atoms with Gasteiger partial charge in [0, 0.05) is 41.1 Å². The van der Waals surface area contributed by atoms with E-state index in [0.717, 1.165) is 43.5 Å². The Morgan fingerprint density at radius 2 is 1.81 bits per heavy atom. The number of nitrogens with zero attached hydrogens (tertiary/aromatic N) is 3. The second-order valence-electron chi connectivity index (χ2n) is 9.83. The molecule has 1 aromatic carbocycles. The van der Waals surface area contributed by atoms with Crippen LogP contribution < -0.4 is 16.0 Å². The Balaban J connectivity index is 1.35. The SMILES string of the molecule is O=C(NCc1ccc(Cl)cc1Cl)[C@@H](CC1CCCCC1)Nc1cc(-n2cccc2)nc(NC2CC2)n1. The van der Waals surface area contributed by atoms with E-state index in [1.165, 1.54) is 19.3 Å². The zero-order chi connectivity index (χ0) is 24.9. The van der Waals surface area contributed by atoms with Crippen LogP contribution in [0.2, 0.25) is 10.0 Å². The van der Waals surface area contributed by atoms with E-state index in [0.29, 0.717) is 40.3 Å². The summed E-state index contributed by atoms with van der Waals surface area (Å²) in [5.41, 5.74) is 0.832. The fourth-order valence-electron chi connectivity index (χ4n) is 4.74. The molecule has 2 aliphatic carbocycles. The van der Waals surface area contributed by atoms with Gasteiger partial charge in [-0.05, 0) is 55.0 Å². The maximum absolute atomic E-state index is 13.5. The number of rotatable bonds is 10. The van der Waals surface area contributed by atoms with E-state index in [4.69, 9.17) is 33.2 Å². The van der Waals surface area contributed by atoms with Crippen LogP contribution in [0.25, 0.3) is 5.82 Å². The van der Waals surface area contributed by atoms with Crippen molar-refractivity contribution < 1.29 is 4.79 Å². The first-order valence-corrected chi connectivity index (χ1v) is 13.6. The molecular formula is C27H32Cl2N6O. The average Bonchev–Trinajstić information content (AvgIpc) is 3.50. The van der Waals surface area contributed by atoms with Gasteiger partial charge in [-0.2, -0.15) is 9.97 Å². The highest BCUT2D eigenvalue weighted by Crippen LogP contribution is 2.29. The highest BCUT2D eigenvalue weighted by Gasteiger charge is 2.26. The van der Waals surface area contributed by atoms with E-state index in [1.54, 1.807) is 12.1 Å². The third kappa shape index (κ3) is 6.71. The summed E-state index contributed by atoms with van der Waals surface area (Å²) in [6.07, 6.45) is 12.9. The Bertz CT molecular complexity index is 1180. The molecule has 0 spiro atoms. The first-order chi connectivity index (χ1) is 17.5. The van der Waals surface area contributed by atoms with Gasteiger partial charge < -0.3 is 20.5 Å². The molecule has 1 amide bonds. The lowest BCUT2D eigenvalue weighted by Crippen LogP contribution is -2.41. The molecule has 1 atom stereocenters. The number of carbonyl (C=O) groups excluding carboxylic acids is 1. The predicted octanol–water partition coefficient (Wildman–Crippen LogP) is 6.22. The molecule has 2 heterocycles. The molecule has 0 bridgehead atoms. The quantitative estimate of drug-likeness (QED) is 0.292. The van der Waals surface area contributed by atoms with Crippen LogP contribution in [-0.4, -0.2) is 32.5 Å². The second-order valence-corrected chi connectivity index (χ2v) is 10.7. The summed E-state index contributed by atoms with van der Waals surface area (Å²) in [7, 11) is 0. The number of benzene rings is 1. The Hall–Kier alpha value is -2.77. The second kappa shape index (κ2) is 11.5. The fourth-order valence-corrected chi connectivity index (χ4v) is 5.21. The largest absolute Gasteiger partial charge is 0.358 e. The minimum atomic E-state index is -0.416. The number of anilines is 2. The molecule has 36 heavy (non-hydrogen) atoms. The molecule has 190 valence electrons. The van der Waals surface area contributed by atoms with Crippen molar-refractivity contribution in [2.75, 3.05) is 10.6 Å². The molecule has 5 rings (SSSR count). The van der Waals surface area contributed by atoms with Crippen molar-refractivity contribution in [1.29, 1.82) is 0 Å². The van der Waals surface area contributed by atoms with Gasteiger partial charge in [0.15, 0.2) is 0 Å². The molecule has 2 fully saturated rings. The van der Waals surface area contributed by atoms with Crippen molar-refractivity contribution in [3.63, 3.8) is 0 Å². The Morgan fingerprint density at radius 3 is 2.53 bits per heavy atom. The molecule has 3 aromatic rings. The predicted molar refractivity (Wildman–Crippen MR) is 145 cm³/mol. The lowest BCUT2D eigenvalue weighted by atomic mass is 9.84. The Labute approximate surface area is 222 Å². The third-order valence-corrected chi connectivity index (χ3v) is 7.48. The first kappa shape index (κ1) is 24.9. The molecule has 2 aromatic heterocycles. The van der Waals surface area contributed by atoms with E-state index in [9.17, 15) is 4.79 Å². The van der Waals surface area contributed by atoms with Crippen molar-refractivity contribution in [3.05, 3.63) is 64.4 Å². The summed E-state index contributed by atoms with van der Waals surface area (Å²) >= 11 is 12.4. The van der Waals surface area contributed by atoms with Gasteiger partial charge in [0.05, 0.1) is 0 Å². The van der Waals surface area contributed by atoms with Gasteiger partial charge >= 0.3 is 0 Å². The lowest BCUT2D eigenvalue weighted by Gasteiger charge is -2.27. The van der Waals surface area contributed by atoms with Crippen molar-refractivity contribution in [2.24, 2.45) is 5.92 Å². The van der Waals surface area contributed by atoms with Crippen molar-refractivity contribution in [3.8, 4) is 5.82 Å². The summed E-state index contributed by atoms with van der Waals surface area (Å²) in [5, 5.41) is 11.0. The van der Waals surface area contributed by atoms with Crippen LogP contribution in [0.15, 0.2) is 48.8 Å². The summed E-state index contributed by atoms with van der Waals surface area (Å²) in [5.74, 6) is 2.42. The van der Waals surface area contributed by atoms with E-state index in [-0.39, 0.29) is 5.91 Å². The van der Waals surface area contributed by atoms with Crippen LogP contribution >= 0.6 is 23.2 Å². The number of nitrogens with one attached hydrogen (secondary N) is 3. The Morgan fingerprint density at radius 1 is 1.03 bits per heavy atom. The number of aromatic nitrogens is 3. The number of carbonyl (C=O) groups is 1. The molecular weight excluding hydrogens is 495 g/mol. The highest BCUT2D eigenvalue weighted by molar-refractivity contribution is 6.35. The van der Waals surface area contributed by atoms with Gasteiger partial charge in [0.2, 0.25) is 11.9 Å². The maximum Gasteiger partial charge on any atom is 0.242 e. The molecule has 0 unspecified atom stereocenters. The molecule has 0 radical (unpaired) electrons. The third-order valence-electron chi connectivity index (χ3n) is 6.89. The summed E-state index contributed by atoms with van der Waals surface area (Å²) < 4.78 is 1.95. The van der Waals surface area contributed by atoms with Gasteiger partial charge in [-0.1, -0.05) is 61.4 Å². The van der Waals surface area contributed by atoms with E-state index >= 15 is 0 Å². The maximum atomic E-state index is 13.5. The smallest absolute Gasteiger partial charge is 0.242 e. The monoisotopic (exact) mass is 526 g/mol. The normalized spacial score (nSPS) is 16.9. The van der Waals surface area contributed by atoms with Crippen LogP contribution in [0.5, 0.6) is 0 Å². The van der Waals surface area contributed by atoms with Crippen LogP contribution in [0, 0.1) is 5.92 Å². The molecule has 0 aliphatic heterocycles. The van der Waals surface area contributed by atoms with Crippen LogP contribution in [0.1, 0.15) is 56.9 Å². The van der Waals surface area contributed by atoms with Crippen molar-refractivity contribution >= 4 is 40.9 Å². The molecule has 2 aliphatic rings. The molecule has 0 saturated heterocycles. The van der Waals surface area contributed by atoms with Gasteiger partial charge in [0.1, 0.15) is 17.7 Å². The summed E-state index contributed by atoms with van der Waals surface area (Å²) in [6.45, 7) is 0.338. The number of hydrogen-bond donors (Lipinski definition) is 3. The number of amides is 1. The Kier molecular flexibility index (Phi) is 7.97. The summed E-state index contributed by atoms with van der Waals surface area (Å²) in [6, 6.07) is 11.1. The van der Waals surface area contributed by atoms with Crippen LogP contribution in [0.4, 0.5) is 11.8 Å².